The number of carbonyl (C=O) groups excluding carboxylic acids is 1. The second-order valence-electron chi connectivity index (χ2n) is 5.22. The van der Waals surface area contributed by atoms with Crippen molar-refractivity contribution < 1.29 is 22.5 Å². The minimum absolute atomic E-state index is 0.267. The summed E-state index contributed by atoms with van der Waals surface area (Å²) in [4.78, 5) is 11.6. The maximum atomic E-state index is 12.2. The summed E-state index contributed by atoms with van der Waals surface area (Å²) >= 11 is 0. The van der Waals surface area contributed by atoms with Crippen molar-refractivity contribution in [2.45, 2.75) is 31.1 Å². The van der Waals surface area contributed by atoms with E-state index >= 15 is 0 Å². The molecular formula is C17H17O5S-. The molecular weight excluding hydrogens is 316 g/mol. The number of benzene rings is 2. The highest BCUT2D eigenvalue weighted by Gasteiger charge is 2.17. The van der Waals surface area contributed by atoms with Gasteiger partial charge >= 0.3 is 5.97 Å². The Morgan fingerprint density at radius 1 is 1.17 bits per heavy atom. The Labute approximate surface area is 135 Å². The van der Waals surface area contributed by atoms with Crippen LogP contribution in [0.25, 0.3) is 0 Å². The monoisotopic (exact) mass is 333 g/mol. The topological polar surface area (TPSA) is 83.5 Å². The van der Waals surface area contributed by atoms with E-state index in [1.807, 2.05) is 6.07 Å². The predicted molar refractivity (Wildman–Crippen MR) is 84.5 cm³/mol. The van der Waals surface area contributed by atoms with Crippen LogP contribution in [0.5, 0.6) is 5.75 Å². The van der Waals surface area contributed by atoms with Crippen LogP contribution >= 0.6 is 0 Å². The van der Waals surface area contributed by atoms with E-state index in [1.165, 1.54) is 18.2 Å². The van der Waals surface area contributed by atoms with Crippen LogP contribution in [0.15, 0.2) is 53.4 Å². The highest BCUT2D eigenvalue weighted by Crippen LogP contribution is 2.24. The zero-order chi connectivity index (χ0) is 17.0. The van der Waals surface area contributed by atoms with Crippen LogP contribution in [0, 0.1) is 0 Å². The van der Waals surface area contributed by atoms with Crippen LogP contribution in [0.1, 0.15) is 42.1 Å². The van der Waals surface area contributed by atoms with Crippen molar-refractivity contribution in [2.75, 3.05) is 0 Å². The predicted octanol–water partition coefficient (Wildman–Crippen LogP) is 3.32. The molecule has 0 fully saturated rings. The highest BCUT2D eigenvalue weighted by atomic mass is 32.2. The van der Waals surface area contributed by atoms with E-state index in [2.05, 4.69) is 13.8 Å². The van der Waals surface area contributed by atoms with Gasteiger partial charge in [0, 0.05) is 0 Å². The average molecular weight is 333 g/mol. The molecule has 0 spiro atoms. The fourth-order valence-corrected chi connectivity index (χ4v) is 2.80. The summed E-state index contributed by atoms with van der Waals surface area (Å²) in [6.45, 7) is 4.11. The normalized spacial score (nSPS) is 12.7. The van der Waals surface area contributed by atoms with Gasteiger partial charge in [-0.25, -0.2) is 13.2 Å². The van der Waals surface area contributed by atoms with Gasteiger partial charge < -0.3 is 9.29 Å². The second-order valence-corrected chi connectivity index (χ2v) is 6.57. The van der Waals surface area contributed by atoms with Crippen molar-refractivity contribution in [3.8, 4) is 5.75 Å². The lowest BCUT2D eigenvalue weighted by Crippen LogP contribution is -2.14. The van der Waals surface area contributed by atoms with Crippen molar-refractivity contribution in [1.82, 2.24) is 0 Å². The van der Waals surface area contributed by atoms with Gasteiger partial charge in [0.15, 0.2) is 0 Å². The first kappa shape index (κ1) is 17.2. The molecule has 0 amide bonds. The van der Waals surface area contributed by atoms with Gasteiger partial charge in [0.25, 0.3) is 0 Å². The van der Waals surface area contributed by atoms with Crippen molar-refractivity contribution in [1.29, 1.82) is 0 Å². The first-order valence-electron chi connectivity index (χ1n) is 7.20. The fraction of sp³-hybridized carbons (Fsp3) is 0.235. The summed E-state index contributed by atoms with van der Waals surface area (Å²) in [6, 6.07) is 12.2. The van der Waals surface area contributed by atoms with E-state index in [1.54, 1.807) is 18.2 Å². The zero-order valence-electron chi connectivity index (χ0n) is 12.9. The molecule has 0 aliphatic rings. The molecule has 0 radical (unpaired) electrons. The van der Waals surface area contributed by atoms with Gasteiger partial charge in [0.1, 0.15) is 15.9 Å². The van der Waals surface area contributed by atoms with Gasteiger partial charge in [-0.2, -0.15) is 0 Å². The van der Waals surface area contributed by atoms with E-state index < -0.39 is 21.0 Å². The van der Waals surface area contributed by atoms with Gasteiger partial charge in [-0.05, 0) is 42.2 Å². The summed E-state index contributed by atoms with van der Waals surface area (Å²) in [6.07, 6.45) is 0.939. The molecule has 0 aliphatic heterocycles. The Morgan fingerprint density at radius 2 is 1.87 bits per heavy atom. The number of ether oxygens (including phenoxy) is 1. The van der Waals surface area contributed by atoms with Crippen molar-refractivity contribution >= 4 is 16.1 Å². The molecule has 2 rings (SSSR count). The minimum atomic E-state index is -4.75. The number of hydrogen-bond acceptors (Lipinski definition) is 5. The third kappa shape index (κ3) is 4.18. The molecule has 122 valence electrons. The van der Waals surface area contributed by atoms with Crippen LogP contribution < -0.4 is 4.74 Å². The number of esters is 1. The lowest BCUT2D eigenvalue weighted by Gasteiger charge is -2.13. The smallest absolute Gasteiger partial charge is 0.344 e. The lowest BCUT2D eigenvalue weighted by molar-refractivity contribution is 0.0730. The van der Waals surface area contributed by atoms with Gasteiger partial charge in [0.05, 0.1) is 10.5 Å². The number of carbonyl (C=O) groups is 1. The second kappa shape index (κ2) is 6.93. The molecule has 0 heterocycles. The molecule has 0 aliphatic carbocycles. The van der Waals surface area contributed by atoms with Gasteiger partial charge in [-0.15, -0.1) is 0 Å². The largest absolute Gasteiger partial charge is 0.744 e. The molecule has 1 atom stereocenters. The van der Waals surface area contributed by atoms with Gasteiger partial charge in [0.2, 0.25) is 0 Å². The first-order valence-corrected chi connectivity index (χ1v) is 8.60. The summed E-state index contributed by atoms with van der Waals surface area (Å²) in [7, 11) is -4.75. The lowest BCUT2D eigenvalue weighted by atomic mass is 9.99. The molecule has 0 N–H and O–H groups in total. The fourth-order valence-electron chi connectivity index (χ4n) is 2.14. The van der Waals surface area contributed by atoms with Crippen molar-refractivity contribution in [2.24, 2.45) is 0 Å². The van der Waals surface area contributed by atoms with Crippen molar-refractivity contribution in [3.63, 3.8) is 0 Å². The first-order chi connectivity index (χ1) is 10.8. The standard InChI is InChI=1S/C17H18O5S/c1-3-12(2)13-7-6-8-14(11-13)22-17(18)15-9-4-5-10-16(15)23(19,20)21/h4-12H,3H2,1-2H3,(H,19,20,21)/p-1. The molecule has 23 heavy (non-hydrogen) atoms. The molecule has 2 aromatic rings. The van der Waals surface area contributed by atoms with Crippen LogP contribution in [0.2, 0.25) is 0 Å². The summed E-state index contributed by atoms with van der Waals surface area (Å²) in [5.74, 6) is -0.254. The Morgan fingerprint density at radius 3 is 2.52 bits per heavy atom. The molecule has 0 bridgehead atoms. The van der Waals surface area contributed by atoms with E-state index in [0.717, 1.165) is 18.1 Å². The van der Waals surface area contributed by atoms with Gasteiger partial charge in [-0.1, -0.05) is 38.1 Å². The highest BCUT2D eigenvalue weighted by molar-refractivity contribution is 7.85. The molecule has 5 nitrogen and oxygen atoms in total. The Bertz CT molecular complexity index is 811. The van der Waals surface area contributed by atoms with Gasteiger partial charge in [-0.3, -0.25) is 0 Å². The van der Waals surface area contributed by atoms with Crippen molar-refractivity contribution in [3.05, 3.63) is 59.7 Å². The molecule has 0 saturated heterocycles. The maximum absolute atomic E-state index is 12.2. The summed E-state index contributed by atoms with van der Waals surface area (Å²) in [5, 5.41) is 0. The van der Waals surface area contributed by atoms with Crippen LogP contribution in [0.3, 0.4) is 0 Å². The minimum Gasteiger partial charge on any atom is -0.744 e. The third-order valence-electron chi connectivity index (χ3n) is 3.63. The van der Waals surface area contributed by atoms with E-state index in [0.29, 0.717) is 11.7 Å². The molecule has 2 aromatic carbocycles. The average Bonchev–Trinajstić information content (AvgIpc) is 2.53. The zero-order valence-corrected chi connectivity index (χ0v) is 13.7. The van der Waals surface area contributed by atoms with E-state index in [4.69, 9.17) is 4.74 Å². The quantitative estimate of drug-likeness (QED) is 0.476. The van der Waals surface area contributed by atoms with Crippen LogP contribution in [-0.2, 0) is 10.1 Å². The molecule has 6 heteroatoms. The van der Waals surface area contributed by atoms with E-state index in [9.17, 15) is 17.8 Å². The third-order valence-corrected chi connectivity index (χ3v) is 4.52. The molecule has 0 aromatic heterocycles. The number of rotatable bonds is 5. The van der Waals surface area contributed by atoms with Crippen LogP contribution in [-0.4, -0.2) is 18.9 Å². The Hall–Kier alpha value is -2.18. The maximum Gasteiger partial charge on any atom is 0.344 e. The number of hydrogen-bond donors (Lipinski definition) is 0. The van der Waals surface area contributed by atoms with E-state index in [-0.39, 0.29) is 5.56 Å². The van der Waals surface area contributed by atoms with Crippen LogP contribution in [0.4, 0.5) is 0 Å². The summed E-state index contributed by atoms with van der Waals surface area (Å²) < 4.78 is 38.9. The summed E-state index contributed by atoms with van der Waals surface area (Å²) in [5.41, 5.74) is 0.749. The Kier molecular flexibility index (Phi) is 5.18. The molecule has 1 unspecified atom stereocenters. The SMILES string of the molecule is CCC(C)c1cccc(OC(=O)c2ccccc2S(=O)(=O)[O-])c1. The Balaban J connectivity index is 2.31. The molecule has 0 saturated carbocycles.